The number of hydrogen-bond donors (Lipinski definition) is 1. The SMILES string of the molecule is Cc1ccsc1C1(O)CCCOC1. The summed E-state index contributed by atoms with van der Waals surface area (Å²) < 4.78 is 5.32. The predicted octanol–water partition coefficient (Wildman–Crippen LogP) is 2.05. The highest BCUT2D eigenvalue weighted by Crippen LogP contribution is 2.35. The molecule has 1 atom stereocenters. The maximum Gasteiger partial charge on any atom is 0.122 e. The van der Waals surface area contributed by atoms with E-state index in [0.29, 0.717) is 6.61 Å². The van der Waals surface area contributed by atoms with Crippen LogP contribution >= 0.6 is 11.3 Å². The standard InChI is InChI=1S/C10H14O2S/c1-8-3-6-13-9(8)10(11)4-2-5-12-7-10/h3,6,11H,2,4-5,7H2,1H3. The van der Waals surface area contributed by atoms with Gasteiger partial charge in [0.05, 0.1) is 6.61 Å². The molecule has 2 heterocycles. The maximum absolute atomic E-state index is 10.3. The molecule has 1 N–H and O–H groups in total. The van der Waals surface area contributed by atoms with Crippen molar-refractivity contribution >= 4 is 11.3 Å². The fourth-order valence-electron chi connectivity index (χ4n) is 1.81. The van der Waals surface area contributed by atoms with Gasteiger partial charge in [0.25, 0.3) is 0 Å². The summed E-state index contributed by atoms with van der Waals surface area (Å²) in [4.78, 5) is 1.08. The van der Waals surface area contributed by atoms with Crippen LogP contribution in [0.5, 0.6) is 0 Å². The lowest BCUT2D eigenvalue weighted by molar-refractivity contribution is -0.0883. The third-order valence-corrected chi connectivity index (χ3v) is 3.71. The topological polar surface area (TPSA) is 29.5 Å². The Labute approximate surface area is 82.2 Å². The van der Waals surface area contributed by atoms with Gasteiger partial charge in [0, 0.05) is 11.5 Å². The molecule has 1 saturated heterocycles. The van der Waals surface area contributed by atoms with Gasteiger partial charge in [0.1, 0.15) is 5.60 Å². The van der Waals surface area contributed by atoms with Crippen molar-refractivity contribution in [3.05, 3.63) is 21.9 Å². The molecular formula is C10H14O2S. The van der Waals surface area contributed by atoms with Crippen molar-refractivity contribution in [2.45, 2.75) is 25.4 Å². The lowest BCUT2D eigenvalue weighted by Gasteiger charge is -2.31. The molecule has 1 aliphatic heterocycles. The lowest BCUT2D eigenvalue weighted by atomic mass is 9.93. The van der Waals surface area contributed by atoms with Crippen molar-refractivity contribution in [2.24, 2.45) is 0 Å². The molecule has 13 heavy (non-hydrogen) atoms. The van der Waals surface area contributed by atoms with Gasteiger partial charge in [-0.2, -0.15) is 0 Å². The summed E-state index contributed by atoms with van der Waals surface area (Å²) >= 11 is 1.62. The van der Waals surface area contributed by atoms with Crippen molar-refractivity contribution in [2.75, 3.05) is 13.2 Å². The molecule has 1 aromatic heterocycles. The summed E-state index contributed by atoms with van der Waals surface area (Å²) in [7, 11) is 0. The molecule has 3 heteroatoms. The maximum atomic E-state index is 10.3. The molecule has 0 bridgehead atoms. The molecule has 0 saturated carbocycles. The lowest BCUT2D eigenvalue weighted by Crippen LogP contribution is -2.35. The molecule has 0 aromatic carbocycles. The van der Waals surface area contributed by atoms with E-state index in [0.717, 1.165) is 24.3 Å². The number of rotatable bonds is 1. The van der Waals surface area contributed by atoms with Gasteiger partial charge in [-0.3, -0.25) is 0 Å². The number of ether oxygens (including phenoxy) is 1. The molecule has 1 unspecified atom stereocenters. The Hall–Kier alpha value is -0.380. The molecule has 0 radical (unpaired) electrons. The largest absolute Gasteiger partial charge is 0.382 e. The normalized spacial score (nSPS) is 29.1. The smallest absolute Gasteiger partial charge is 0.122 e. The quantitative estimate of drug-likeness (QED) is 0.748. The third-order valence-electron chi connectivity index (χ3n) is 2.50. The van der Waals surface area contributed by atoms with Crippen LogP contribution in [0, 0.1) is 6.92 Å². The third kappa shape index (κ3) is 1.64. The summed E-state index contributed by atoms with van der Waals surface area (Å²) in [5, 5.41) is 12.3. The van der Waals surface area contributed by atoms with Crippen LogP contribution in [0.3, 0.4) is 0 Å². The minimum absolute atomic E-state index is 0.453. The highest BCUT2D eigenvalue weighted by atomic mass is 32.1. The molecule has 0 amide bonds. The van der Waals surface area contributed by atoms with E-state index in [4.69, 9.17) is 4.74 Å². The Morgan fingerprint density at radius 2 is 2.46 bits per heavy atom. The van der Waals surface area contributed by atoms with Crippen molar-refractivity contribution < 1.29 is 9.84 Å². The zero-order chi connectivity index (χ0) is 9.31. The molecular weight excluding hydrogens is 184 g/mol. The fraction of sp³-hybridized carbons (Fsp3) is 0.600. The van der Waals surface area contributed by atoms with E-state index in [1.54, 1.807) is 11.3 Å². The highest BCUT2D eigenvalue weighted by molar-refractivity contribution is 7.10. The van der Waals surface area contributed by atoms with E-state index in [1.807, 2.05) is 18.4 Å². The Morgan fingerprint density at radius 3 is 3.00 bits per heavy atom. The van der Waals surface area contributed by atoms with Gasteiger partial charge >= 0.3 is 0 Å². The molecule has 0 spiro atoms. The van der Waals surface area contributed by atoms with E-state index in [2.05, 4.69) is 0 Å². The number of hydrogen-bond acceptors (Lipinski definition) is 3. The number of aryl methyl sites for hydroxylation is 1. The first-order chi connectivity index (χ1) is 6.22. The average molecular weight is 198 g/mol. The van der Waals surface area contributed by atoms with Gasteiger partial charge in [-0.15, -0.1) is 11.3 Å². The highest BCUT2D eigenvalue weighted by Gasteiger charge is 2.34. The molecule has 1 aliphatic rings. The van der Waals surface area contributed by atoms with E-state index in [-0.39, 0.29) is 0 Å². The Morgan fingerprint density at radius 1 is 1.62 bits per heavy atom. The van der Waals surface area contributed by atoms with Crippen LogP contribution in [0.25, 0.3) is 0 Å². The first-order valence-electron chi connectivity index (χ1n) is 4.57. The van der Waals surface area contributed by atoms with Crippen LogP contribution in [0.1, 0.15) is 23.3 Å². The average Bonchev–Trinajstić information content (AvgIpc) is 2.53. The van der Waals surface area contributed by atoms with Crippen molar-refractivity contribution in [1.29, 1.82) is 0 Å². The van der Waals surface area contributed by atoms with Crippen molar-refractivity contribution in [3.63, 3.8) is 0 Å². The van der Waals surface area contributed by atoms with Gasteiger partial charge in [0.2, 0.25) is 0 Å². The van der Waals surface area contributed by atoms with Crippen LogP contribution in [0.15, 0.2) is 11.4 Å². The molecule has 2 rings (SSSR count). The van der Waals surface area contributed by atoms with E-state index >= 15 is 0 Å². The van der Waals surface area contributed by atoms with Gasteiger partial charge in [0.15, 0.2) is 0 Å². The Bertz CT molecular complexity index is 287. The van der Waals surface area contributed by atoms with Crippen LogP contribution in [0.2, 0.25) is 0 Å². The van der Waals surface area contributed by atoms with Crippen LogP contribution in [0.4, 0.5) is 0 Å². The summed E-state index contributed by atoms with van der Waals surface area (Å²) in [6.45, 7) is 3.28. The molecule has 1 aromatic rings. The summed E-state index contributed by atoms with van der Waals surface area (Å²) in [5.74, 6) is 0. The minimum atomic E-state index is -0.712. The van der Waals surface area contributed by atoms with Gasteiger partial charge < -0.3 is 9.84 Å². The predicted molar refractivity (Wildman–Crippen MR) is 53.0 cm³/mol. The summed E-state index contributed by atoms with van der Waals surface area (Å²) in [5.41, 5.74) is 0.467. The summed E-state index contributed by atoms with van der Waals surface area (Å²) in [6.07, 6.45) is 1.78. The Balaban J connectivity index is 2.27. The van der Waals surface area contributed by atoms with Crippen molar-refractivity contribution in [1.82, 2.24) is 0 Å². The Kier molecular flexibility index (Phi) is 2.41. The van der Waals surface area contributed by atoms with E-state index in [1.165, 1.54) is 5.56 Å². The monoisotopic (exact) mass is 198 g/mol. The van der Waals surface area contributed by atoms with Gasteiger partial charge in [-0.1, -0.05) is 0 Å². The second-order valence-electron chi connectivity index (χ2n) is 3.62. The van der Waals surface area contributed by atoms with Gasteiger partial charge in [-0.25, -0.2) is 0 Å². The second-order valence-corrected chi connectivity index (χ2v) is 4.54. The summed E-state index contributed by atoms with van der Waals surface area (Å²) in [6, 6.07) is 2.05. The van der Waals surface area contributed by atoms with Crippen LogP contribution < -0.4 is 0 Å². The number of thiophene rings is 1. The second kappa shape index (κ2) is 3.40. The van der Waals surface area contributed by atoms with E-state index < -0.39 is 5.60 Å². The fourth-order valence-corrected chi connectivity index (χ4v) is 2.85. The van der Waals surface area contributed by atoms with E-state index in [9.17, 15) is 5.11 Å². The molecule has 72 valence electrons. The van der Waals surface area contributed by atoms with Crippen LogP contribution in [-0.2, 0) is 10.3 Å². The number of aliphatic hydroxyl groups is 1. The minimum Gasteiger partial charge on any atom is -0.382 e. The molecule has 0 aliphatic carbocycles. The van der Waals surface area contributed by atoms with Crippen LogP contribution in [-0.4, -0.2) is 18.3 Å². The first-order valence-corrected chi connectivity index (χ1v) is 5.45. The molecule has 1 fully saturated rings. The zero-order valence-corrected chi connectivity index (χ0v) is 8.56. The first kappa shape index (κ1) is 9.19. The zero-order valence-electron chi connectivity index (χ0n) is 7.75. The van der Waals surface area contributed by atoms with Gasteiger partial charge in [-0.05, 0) is 36.8 Å². The molecule has 2 nitrogen and oxygen atoms in total. The van der Waals surface area contributed by atoms with Crippen molar-refractivity contribution in [3.8, 4) is 0 Å².